The number of primary amides is 1. The smallest absolute Gasteiger partial charge is 0.235 e. The van der Waals surface area contributed by atoms with Crippen LogP contribution in [0, 0.1) is 0 Å². The second kappa shape index (κ2) is 3.83. The number of carbonyl (C=O) groups excluding carboxylic acids is 1. The van der Waals surface area contributed by atoms with Crippen LogP contribution in [0.25, 0.3) is 0 Å². The summed E-state index contributed by atoms with van der Waals surface area (Å²) in [6.07, 6.45) is 0.679. The standard InChI is InChI=1S/C11H13ClN2O/c1-14-6-8-4-9(12)3-2-7(8)5-10(14)11(13)15/h2-4,10H,5-6H2,1H3,(H2,13,15)/t10-/m0/s1. The molecule has 0 radical (unpaired) electrons. The van der Waals surface area contributed by atoms with Crippen LogP contribution in [0.15, 0.2) is 18.2 Å². The summed E-state index contributed by atoms with van der Waals surface area (Å²) in [5.41, 5.74) is 7.69. The first kappa shape index (κ1) is 10.5. The third-order valence-corrected chi connectivity index (χ3v) is 3.10. The van der Waals surface area contributed by atoms with E-state index in [0.717, 1.165) is 11.6 Å². The predicted molar refractivity (Wildman–Crippen MR) is 59.6 cm³/mol. The van der Waals surface area contributed by atoms with Crippen LogP contribution in [-0.4, -0.2) is 23.9 Å². The molecule has 0 aliphatic carbocycles. The van der Waals surface area contributed by atoms with E-state index in [0.29, 0.717) is 6.42 Å². The molecule has 1 aromatic carbocycles. The first-order valence-corrected chi connectivity index (χ1v) is 5.22. The fourth-order valence-electron chi connectivity index (χ4n) is 2.00. The van der Waals surface area contributed by atoms with E-state index in [2.05, 4.69) is 0 Å². The summed E-state index contributed by atoms with van der Waals surface area (Å²) in [5.74, 6) is -0.266. The maximum Gasteiger partial charge on any atom is 0.235 e. The molecule has 1 amide bonds. The monoisotopic (exact) mass is 224 g/mol. The fourth-order valence-corrected chi connectivity index (χ4v) is 2.20. The minimum Gasteiger partial charge on any atom is -0.368 e. The van der Waals surface area contributed by atoms with Crippen molar-refractivity contribution in [2.45, 2.75) is 19.0 Å². The van der Waals surface area contributed by atoms with Crippen molar-refractivity contribution in [1.29, 1.82) is 0 Å². The van der Waals surface area contributed by atoms with E-state index in [1.54, 1.807) is 0 Å². The van der Waals surface area contributed by atoms with Gasteiger partial charge in [0.05, 0.1) is 6.04 Å². The Morgan fingerprint density at radius 2 is 2.27 bits per heavy atom. The quantitative estimate of drug-likeness (QED) is 0.779. The molecule has 0 bridgehead atoms. The lowest BCUT2D eigenvalue weighted by Gasteiger charge is -2.31. The molecule has 3 nitrogen and oxygen atoms in total. The van der Waals surface area contributed by atoms with Gasteiger partial charge in [0.25, 0.3) is 0 Å². The van der Waals surface area contributed by atoms with Gasteiger partial charge in [-0.05, 0) is 36.7 Å². The average Bonchev–Trinajstić information content (AvgIpc) is 2.15. The Morgan fingerprint density at radius 3 is 2.93 bits per heavy atom. The van der Waals surface area contributed by atoms with Gasteiger partial charge in [-0.1, -0.05) is 17.7 Å². The lowest BCUT2D eigenvalue weighted by atomic mass is 9.94. The Labute approximate surface area is 93.8 Å². The summed E-state index contributed by atoms with van der Waals surface area (Å²) in [4.78, 5) is 13.2. The first-order valence-electron chi connectivity index (χ1n) is 4.85. The van der Waals surface area contributed by atoms with Gasteiger partial charge in [-0.25, -0.2) is 0 Å². The number of nitrogens with two attached hydrogens (primary N) is 1. The highest BCUT2D eigenvalue weighted by Gasteiger charge is 2.27. The maximum absolute atomic E-state index is 11.2. The molecule has 0 spiro atoms. The summed E-state index contributed by atoms with van der Waals surface area (Å²) in [6, 6.07) is 5.58. The van der Waals surface area contributed by atoms with E-state index in [4.69, 9.17) is 17.3 Å². The third-order valence-electron chi connectivity index (χ3n) is 2.86. The molecule has 0 saturated carbocycles. The maximum atomic E-state index is 11.2. The van der Waals surface area contributed by atoms with E-state index in [1.165, 1.54) is 11.1 Å². The number of halogens is 1. The number of nitrogens with zero attached hydrogens (tertiary/aromatic N) is 1. The summed E-state index contributed by atoms with van der Waals surface area (Å²) in [5, 5.41) is 0.736. The number of hydrogen-bond donors (Lipinski definition) is 1. The Balaban J connectivity index is 2.33. The highest BCUT2D eigenvalue weighted by molar-refractivity contribution is 6.30. The van der Waals surface area contributed by atoms with Gasteiger partial charge in [0.2, 0.25) is 5.91 Å². The van der Waals surface area contributed by atoms with Crippen molar-refractivity contribution in [3.63, 3.8) is 0 Å². The minimum atomic E-state index is -0.266. The Bertz CT molecular complexity index is 406. The molecule has 0 unspecified atom stereocenters. The molecule has 15 heavy (non-hydrogen) atoms. The van der Waals surface area contributed by atoms with Crippen LogP contribution in [0.4, 0.5) is 0 Å². The lowest BCUT2D eigenvalue weighted by molar-refractivity contribution is -0.123. The normalized spacial score (nSPS) is 21.1. The van der Waals surface area contributed by atoms with Crippen LogP contribution < -0.4 is 5.73 Å². The van der Waals surface area contributed by atoms with Gasteiger partial charge < -0.3 is 5.73 Å². The van der Waals surface area contributed by atoms with Crippen LogP contribution in [0.3, 0.4) is 0 Å². The highest BCUT2D eigenvalue weighted by Crippen LogP contribution is 2.24. The number of fused-ring (bicyclic) bond motifs is 1. The molecule has 0 saturated heterocycles. The van der Waals surface area contributed by atoms with Gasteiger partial charge in [0, 0.05) is 11.6 Å². The Hall–Kier alpha value is -1.06. The summed E-state index contributed by atoms with van der Waals surface area (Å²) in [6.45, 7) is 0.726. The largest absolute Gasteiger partial charge is 0.368 e. The first-order chi connectivity index (χ1) is 7.08. The van der Waals surface area contributed by atoms with Gasteiger partial charge >= 0.3 is 0 Å². The average molecular weight is 225 g/mol. The molecule has 1 aliphatic heterocycles. The van der Waals surface area contributed by atoms with E-state index in [1.807, 2.05) is 30.1 Å². The molecule has 1 heterocycles. The summed E-state index contributed by atoms with van der Waals surface area (Å²) < 4.78 is 0. The van der Waals surface area contributed by atoms with Crippen molar-refractivity contribution in [1.82, 2.24) is 4.90 Å². The molecule has 1 aromatic rings. The zero-order valence-electron chi connectivity index (χ0n) is 8.53. The Morgan fingerprint density at radius 1 is 1.53 bits per heavy atom. The van der Waals surface area contributed by atoms with Crippen molar-refractivity contribution < 1.29 is 4.79 Å². The molecule has 80 valence electrons. The second-order valence-corrected chi connectivity index (χ2v) is 4.39. The molecule has 0 fully saturated rings. The van der Waals surface area contributed by atoms with Gasteiger partial charge in [0.1, 0.15) is 0 Å². The van der Waals surface area contributed by atoms with Crippen LogP contribution >= 0.6 is 11.6 Å². The predicted octanol–water partition coefficient (Wildman–Crippen LogP) is 1.18. The van der Waals surface area contributed by atoms with E-state index in [-0.39, 0.29) is 11.9 Å². The van der Waals surface area contributed by atoms with Crippen molar-refractivity contribution in [3.05, 3.63) is 34.3 Å². The molecule has 2 rings (SSSR count). The topological polar surface area (TPSA) is 46.3 Å². The highest BCUT2D eigenvalue weighted by atomic mass is 35.5. The minimum absolute atomic E-state index is 0.196. The van der Waals surface area contributed by atoms with E-state index >= 15 is 0 Å². The number of rotatable bonds is 1. The van der Waals surface area contributed by atoms with Crippen molar-refractivity contribution in [3.8, 4) is 0 Å². The van der Waals surface area contributed by atoms with Crippen LogP contribution in [-0.2, 0) is 17.8 Å². The zero-order valence-corrected chi connectivity index (χ0v) is 9.29. The molecule has 0 aromatic heterocycles. The second-order valence-electron chi connectivity index (χ2n) is 3.95. The zero-order chi connectivity index (χ0) is 11.0. The molecular weight excluding hydrogens is 212 g/mol. The van der Waals surface area contributed by atoms with Crippen LogP contribution in [0.2, 0.25) is 5.02 Å². The van der Waals surface area contributed by atoms with Gasteiger partial charge in [-0.3, -0.25) is 9.69 Å². The third kappa shape index (κ3) is 1.98. The van der Waals surface area contributed by atoms with Crippen LogP contribution in [0.1, 0.15) is 11.1 Å². The van der Waals surface area contributed by atoms with Crippen molar-refractivity contribution >= 4 is 17.5 Å². The van der Waals surface area contributed by atoms with Crippen LogP contribution in [0.5, 0.6) is 0 Å². The molecule has 4 heteroatoms. The van der Waals surface area contributed by atoms with Crippen molar-refractivity contribution in [2.75, 3.05) is 7.05 Å². The van der Waals surface area contributed by atoms with Gasteiger partial charge in [-0.2, -0.15) is 0 Å². The summed E-state index contributed by atoms with van der Waals surface area (Å²) in [7, 11) is 1.90. The summed E-state index contributed by atoms with van der Waals surface area (Å²) >= 11 is 5.91. The van der Waals surface area contributed by atoms with E-state index < -0.39 is 0 Å². The molecule has 1 atom stereocenters. The van der Waals surface area contributed by atoms with Gasteiger partial charge in [-0.15, -0.1) is 0 Å². The lowest BCUT2D eigenvalue weighted by Crippen LogP contribution is -2.46. The van der Waals surface area contributed by atoms with Gasteiger partial charge in [0.15, 0.2) is 0 Å². The molecule has 1 aliphatic rings. The number of benzene rings is 1. The number of hydrogen-bond acceptors (Lipinski definition) is 2. The Kier molecular flexibility index (Phi) is 2.67. The molecule has 2 N–H and O–H groups in total. The fraction of sp³-hybridized carbons (Fsp3) is 0.364. The molecular formula is C11H13ClN2O. The van der Waals surface area contributed by atoms with Crippen molar-refractivity contribution in [2.24, 2.45) is 5.73 Å². The number of amides is 1. The number of carbonyl (C=O) groups is 1. The SMILES string of the molecule is CN1Cc2cc(Cl)ccc2C[C@H]1C(N)=O. The van der Waals surface area contributed by atoms with E-state index in [9.17, 15) is 4.79 Å². The number of likely N-dealkylation sites (N-methyl/N-ethyl adjacent to an activating group) is 1.